The molecular formula is C16H14N2. The van der Waals surface area contributed by atoms with E-state index in [0.717, 1.165) is 16.5 Å². The number of rotatable bonds is 1. The highest BCUT2D eigenvalue weighted by Crippen LogP contribution is 2.31. The second kappa shape index (κ2) is 4.15. The van der Waals surface area contributed by atoms with Gasteiger partial charge in [-0.3, -0.25) is 0 Å². The third-order valence-corrected chi connectivity index (χ3v) is 3.17. The minimum atomic E-state index is 0.562. The molecule has 0 spiro atoms. The summed E-state index contributed by atoms with van der Waals surface area (Å²) < 4.78 is 0. The zero-order valence-electron chi connectivity index (χ0n) is 10.2. The van der Waals surface area contributed by atoms with Crippen LogP contribution < -0.4 is 5.73 Å². The van der Waals surface area contributed by atoms with Crippen LogP contribution in [-0.2, 0) is 0 Å². The zero-order valence-corrected chi connectivity index (χ0v) is 10.2. The summed E-state index contributed by atoms with van der Waals surface area (Å²) in [7, 11) is 0. The molecule has 0 saturated heterocycles. The van der Waals surface area contributed by atoms with E-state index in [4.69, 9.17) is 5.73 Å². The lowest BCUT2D eigenvalue weighted by Crippen LogP contribution is -1.93. The quantitative estimate of drug-likeness (QED) is 0.695. The van der Waals surface area contributed by atoms with Crippen molar-refractivity contribution in [3.8, 4) is 11.1 Å². The number of hydrogen-bond donors (Lipinski definition) is 1. The standard InChI is InChI=1S/C16H14N2/c1-11-6-2-3-7-12(11)14-10-16(17)18-15-9-5-4-8-13(14)15/h2-10H,1H3,(H2,17,18). The molecule has 1 heterocycles. The van der Waals surface area contributed by atoms with Crippen molar-refractivity contribution in [1.82, 2.24) is 4.98 Å². The van der Waals surface area contributed by atoms with Crippen LogP contribution in [0.4, 0.5) is 5.82 Å². The predicted octanol–water partition coefficient (Wildman–Crippen LogP) is 3.79. The van der Waals surface area contributed by atoms with Gasteiger partial charge in [0.2, 0.25) is 0 Å². The van der Waals surface area contributed by atoms with Crippen molar-refractivity contribution in [2.24, 2.45) is 0 Å². The summed E-state index contributed by atoms with van der Waals surface area (Å²) in [4.78, 5) is 4.37. The Labute approximate surface area is 106 Å². The minimum absolute atomic E-state index is 0.562. The van der Waals surface area contributed by atoms with E-state index < -0.39 is 0 Å². The molecule has 18 heavy (non-hydrogen) atoms. The molecule has 0 saturated carbocycles. The van der Waals surface area contributed by atoms with Crippen LogP contribution in [0.15, 0.2) is 54.6 Å². The largest absolute Gasteiger partial charge is 0.384 e. The van der Waals surface area contributed by atoms with Gasteiger partial charge in [-0.25, -0.2) is 4.98 Å². The molecule has 0 aliphatic heterocycles. The fraction of sp³-hybridized carbons (Fsp3) is 0.0625. The third-order valence-electron chi connectivity index (χ3n) is 3.17. The van der Waals surface area contributed by atoms with Crippen LogP contribution in [0.2, 0.25) is 0 Å². The van der Waals surface area contributed by atoms with E-state index in [1.807, 2.05) is 36.4 Å². The van der Waals surface area contributed by atoms with Crippen molar-refractivity contribution in [3.63, 3.8) is 0 Å². The molecule has 0 amide bonds. The number of para-hydroxylation sites is 1. The Morgan fingerprint density at radius 1 is 0.889 bits per heavy atom. The van der Waals surface area contributed by atoms with Gasteiger partial charge in [-0.2, -0.15) is 0 Å². The number of nitrogens with two attached hydrogens (primary N) is 1. The maximum absolute atomic E-state index is 5.90. The number of aromatic nitrogens is 1. The molecule has 0 radical (unpaired) electrons. The number of nitrogen functional groups attached to an aromatic ring is 1. The summed E-state index contributed by atoms with van der Waals surface area (Å²) in [6.07, 6.45) is 0. The van der Waals surface area contributed by atoms with Crippen molar-refractivity contribution in [3.05, 3.63) is 60.2 Å². The number of pyridine rings is 1. The molecule has 2 nitrogen and oxygen atoms in total. The summed E-state index contributed by atoms with van der Waals surface area (Å²) >= 11 is 0. The third kappa shape index (κ3) is 1.72. The van der Waals surface area contributed by atoms with Crippen molar-refractivity contribution >= 4 is 16.7 Å². The van der Waals surface area contributed by atoms with Gasteiger partial charge in [-0.1, -0.05) is 42.5 Å². The molecule has 0 bridgehead atoms. The lowest BCUT2D eigenvalue weighted by atomic mass is 9.97. The number of hydrogen-bond acceptors (Lipinski definition) is 2. The van der Waals surface area contributed by atoms with E-state index in [1.165, 1.54) is 11.1 Å². The lowest BCUT2D eigenvalue weighted by molar-refractivity contribution is 1.40. The normalized spacial score (nSPS) is 10.7. The van der Waals surface area contributed by atoms with Gasteiger partial charge in [-0.15, -0.1) is 0 Å². The van der Waals surface area contributed by atoms with Gasteiger partial charge in [0.05, 0.1) is 5.52 Å². The average molecular weight is 234 g/mol. The first-order chi connectivity index (χ1) is 8.75. The van der Waals surface area contributed by atoms with Crippen molar-refractivity contribution in [1.29, 1.82) is 0 Å². The lowest BCUT2D eigenvalue weighted by Gasteiger charge is -2.10. The Morgan fingerprint density at radius 3 is 2.44 bits per heavy atom. The molecule has 2 N–H and O–H groups in total. The van der Waals surface area contributed by atoms with Crippen molar-refractivity contribution < 1.29 is 0 Å². The van der Waals surface area contributed by atoms with Gasteiger partial charge in [-0.05, 0) is 35.7 Å². The number of fused-ring (bicyclic) bond motifs is 1. The Balaban J connectivity index is 2.39. The topological polar surface area (TPSA) is 38.9 Å². The summed E-state index contributed by atoms with van der Waals surface area (Å²) in [5.74, 6) is 0.562. The molecule has 0 aliphatic rings. The first-order valence-corrected chi connectivity index (χ1v) is 5.97. The summed E-state index contributed by atoms with van der Waals surface area (Å²) in [5, 5.41) is 1.14. The van der Waals surface area contributed by atoms with Crippen LogP contribution in [0, 0.1) is 6.92 Å². The molecule has 2 aromatic carbocycles. The Morgan fingerprint density at radius 2 is 1.61 bits per heavy atom. The SMILES string of the molecule is Cc1ccccc1-c1cc(N)nc2ccccc12. The monoisotopic (exact) mass is 234 g/mol. The van der Waals surface area contributed by atoms with Gasteiger partial charge >= 0.3 is 0 Å². The molecule has 2 heteroatoms. The fourth-order valence-electron chi connectivity index (χ4n) is 2.29. The van der Waals surface area contributed by atoms with Crippen LogP contribution in [-0.4, -0.2) is 4.98 Å². The zero-order chi connectivity index (χ0) is 12.5. The van der Waals surface area contributed by atoms with Gasteiger partial charge < -0.3 is 5.73 Å². The van der Waals surface area contributed by atoms with Crippen LogP contribution >= 0.6 is 0 Å². The van der Waals surface area contributed by atoms with Crippen LogP contribution in [0.1, 0.15) is 5.56 Å². The highest BCUT2D eigenvalue weighted by atomic mass is 14.8. The molecule has 3 rings (SSSR count). The van der Waals surface area contributed by atoms with E-state index >= 15 is 0 Å². The fourth-order valence-corrected chi connectivity index (χ4v) is 2.29. The Bertz CT molecular complexity index is 717. The van der Waals surface area contributed by atoms with E-state index in [1.54, 1.807) is 0 Å². The summed E-state index contributed by atoms with van der Waals surface area (Å²) in [6.45, 7) is 2.11. The predicted molar refractivity (Wildman–Crippen MR) is 76.3 cm³/mol. The summed E-state index contributed by atoms with van der Waals surface area (Å²) in [5.41, 5.74) is 10.4. The van der Waals surface area contributed by atoms with E-state index in [9.17, 15) is 0 Å². The molecule has 88 valence electrons. The summed E-state index contributed by atoms with van der Waals surface area (Å²) in [6, 6.07) is 18.4. The molecule has 0 atom stereocenters. The van der Waals surface area contributed by atoms with Gasteiger partial charge in [0.1, 0.15) is 5.82 Å². The molecule has 0 aliphatic carbocycles. The van der Waals surface area contributed by atoms with E-state index in [-0.39, 0.29) is 0 Å². The highest BCUT2D eigenvalue weighted by molar-refractivity contribution is 5.96. The maximum Gasteiger partial charge on any atom is 0.124 e. The van der Waals surface area contributed by atoms with Gasteiger partial charge in [0.15, 0.2) is 0 Å². The maximum atomic E-state index is 5.90. The number of anilines is 1. The molecule has 0 unspecified atom stereocenters. The molecule has 0 fully saturated rings. The van der Waals surface area contributed by atoms with E-state index in [2.05, 4.69) is 30.1 Å². The molecule has 3 aromatic rings. The second-order valence-electron chi connectivity index (χ2n) is 4.43. The molecular weight excluding hydrogens is 220 g/mol. The van der Waals surface area contributed by atoms with Crippen LogP contribution in [0.5, 0.6) is 0 Å². The van der Waals surface area contributed by atoms with Gasteiger partial charge in [0.25, 0.3) is 0 Å². The van der Waals surface area contributed by atoms with E-state index in [0.29, 0.717) is 5.82 Å². The first-order valence-electron chi connectivity index (χ1n) is 5.97. The first kappa shape index (κ1) is 10.8. The van der Waals surface area contributed by atoms with Crippen LogP contribution in [0.3, 0.4) is 0 Å². The van der Waals surface area contributed by atoms with Gasteiger partial charge in [0, 0.05) is 5.39 Å². The molecule has 1 aromatic heterocycles. The number of nitrogens with zero attached hydrogens (tertiary/aromatic N) is 1. The number of aryl methyl sites for hydroxylation is 1. The number of benzene rings is 2. The smallest absolute Gasteiger partial charge is 0.124 e. The minimum Gasteiger partial charge on any atom is -0.384 e. The Hall–Kier alpha value is -2.35. The highest BCUT2D eigenvalue weighted by Gasteiger charge is 2.07. The average Bonchev–Trinajstić information content (AvgIpc) is 2.38. The second-order valence-corrected chi connectivity index (χ2v) is 4.43. The van der Waals surface area contributed by atoms with Crippen molar-refractivity contribution in [2.45, 2.75) is 6.92 Å². The Kier molecular flexibility index (Phi) is 2.49. The van der Waals surface area contributed by atoms with Crippen LogP contribution in [0.25, 0.3) is 22.0 Å². The van der Waals surface area contributed by atoms with Crippen molar-refractivity contribution in [2.75, 3.05) is 5.73 Å².